The molecule has 0 atom stereocenters. The zero-order valence-corrected chi connectivity index (χ0v) is 11.1. The number of anilines is 1. The zero-order chi connectivity index (χ0) is 14.5. The molecule has 106 valence electrons. The van der Waals surface area contributed by atoms with Crippen LogP contribution in [0.3, 0.4) is 0 Å². The van der Waals surface area contributed by atoms with Crippen molar-refractivity contribution < 1.29 is 13.6 Å². The minimum Gasteiger partial charge on any atom is -0.337 e. The molecule has 1 aromatic rings. The van der Waals surface area contributed by atoms with E-state index in [2.05, 4.69) is 10.6 Å². The first-order chi connectivity index (χ1) is 8.84. The molecule has 4 nitrogen and oxygen atoms in total. The van der Waals surface area contributed by atoms with Crippen LogP contribution in [0.1, 0.15) is 20.3 Å². The van der Waals surface area contributed by atoms with Gasteiger partial charge in [-0.1, -0.05) is 13.8 Å². The number of nitrogens with one attached hydrogen (secondary N) is 2. The monoisotopic (exact) mass is 271 g/mol. The topological polar surface area (TPSA) is 67.1 Å². The van der Waals surface area contributed by atoms with E-state index in [1.807, 2.05) is 13.8 Å². The van der Waals surface area contributed by atoms with Gasteiger partial charge in [-0.2, -0.15) is 0 Å². The third kappa shape index (κ3) is 5.21. The first-order valence-electron chi connectivity index (χ1n) is 6.04. The lowest BCUT2D eigenvalue weighted by molar-refractivity contribution is 0.243. The molecule has 0 aliphatic rings. The quantitative estimate of drug-likeness (QED) is 0.770. The van der Waals surface area contributed by atoms with Crippen molar-refractivity contribution in [3.8, 4) is 0 Å². The number of rotatable bonds is 5. The van der Waals surface area contributed by atoms with E-state index in [1.165, 1.54) is 6.07 Å². The fraction of sp³-hybridized carbons (Fsp3) is 0.462. The van der Waals surface area contributed by atoms with Crippen LogP contribution in [0, 0.1) is 17.0 Å². The van der Waals surface area contributed by atoms with Gasteiger partial charge < -0.3 is 16.4 Å². The molecule has 0 heterocycles. The number of hydrogen-bond donors (Lipinski definition) is 3. The Morgan fingerprint density at radius 3 is 2.63 bits per heavy atom. The summed E-state index contributed by atoms with van der Waals surface area (Å²) in [6.07, 6.45) is 0.762. The van der Waals surface area contributed by atoms with E-state index >= 15 is 0 Å². The predicted molar refractivity (Wildman–Crippen MR) is 70.8 cm³/mol. The standard InChI is InChI=1S/C13H19F2N3O/c1-13(2,5-6-16)8-17-12(19)18-11-4-3-9(14)7-10(11)15/h3-4,7H,5-6,8,16H2,1-2H3,(H2,17,18,19). The zero-order valence-electron chi connectivity index (χ0n) is 11.1. The molecular weight excluding hydrogens is 252 g/mol. The fourth-order valence-corrected chi connectivity index (χ4v) is 1.56. The first kappa shape index (κ1) is 15.4. The lowest BCUT2D eigenvalue weighted by atomic mass is 9.89. The number of urea groups is 1. The Labute approximate surface area is 111 Å². The Morgan fingerprint density at radius 1 is 1.37 bits per heavy atom. The summed E-state index contributed by atoms with van der Waals surface area (Å²) in [6, 6.07) is 2.44. The number of amides is 2. The van der Waals surface area contributed by atoms with Crippen molar-refractivity contribution in [3.05, 3.63) is 29.8 Å². The van der Waals surface area contributed by atoms with E-state index in [9.17, 15) is 13.6 Å². The SMILES string of the molecule is CC(C)(CCN)CNC(=O)Nc1ccc(F)cc1F. The molecule has 0 saturated heterocycles. The van der Waals surface area contributed by atoms with Crippen LogP contribution in [-0.4, -0.2) is 19.1 Å². The van der Waals surface area contributed by atoms with Crippen LogP contribution in [0.25, 0.3) is 0 Å². The molecule has 0 spiro atoms. The second-order valence-electron chi connectivity index (χ2n) is 5.13. The number of benzene rings is 1. The van der Waals surface area contributed by atoms with Crippen LogP contribution >= 0.6 is 0 Å². The third-order valence-electron chi connectivity index (χ3n) is 2.73. The van der Waals surface area contributed by atoms with Crippen molar-refractivity contribution in [2.75, 3.05) is 18.4 Å². The van der Waals surface area contributed by atoms with Gasteiger partial charge in [0.05, 0.1) is 5.69 Å². The molecule has 0 fully saturated rings. The van der Waals surface area contributed by atoms with E-state index in [0.29, 0.717) is 19.2 Å². The average Bonchev–Trinajstić information content (AvgIpc) is 2.30. The predicted octanol–water partition coefficient (Wildman–Crippen LogP) is 2.46. The highest BCUT2D eigenvalue weighted by molar-refractivity contribution is 5.89. The molecule has 0 radical (unpaired) electrons. The molecule has 0 saturated carbocycles. The number of carbonyl (C=O) groups excluding carboxylic acids is 1. The molecular formula is C13H19F2N3O. The van der Waals surface area contributed by atoms with E-state index in [0.717, 1.165) is 12.5 Å². The number of hydrogen-bond acceptors (Lipinski definition) is 2. The minimum atomic E-state index is -0.809. The van der Waals surface area contributed by atoms with Crippen LogP contribution in [0.4, 0.5) is 19.3 Å². The van der Waals surface area contributed by atoms with Gasteiger partial charge in [0.1, 0.15) is 11.6 Å². The molecule has 1 aromatic carbocycles. The summed E-state index contributed by atoms with van der Waals surface area (Å²) in [5.74, 6) is -1.50. The van der Waals surface area contributed by atoms with Crippen LogP contribution in [-0.2, 0) is 0 Å². The molecule has 0 aliphatic carbocycles. The number of carbonyl (C=O) groups is 1. The van der Waals surface area contributed by atoms with Crippen molar-refractivity contribution in [1.29, 1.82) is 0 Å². The van der Waals surface area contributed by atoms with Crippen LogP contribution < -0.4 is 16.4 Å². The van der Waals surface area contributed by atoms with Gasteiger partial charge in [0.15, 0.2) is 0 Å². The van der Waals surface area contributed by atoms with Gasteiger partial charge >= 0.3 is 6.03 Å². The summed E-state index contributed by atoms with van der Waals surface area (Å²) in [5.41, 5.74) is 5.27. The second kappa shape index (κ2) is 6.47. The Kier molecular flexibility index (Phi) is 5.23. The Bertz CT molecular complexity index is 450. The smallest absolute Gasteiger partial charge is 0.319 e. The van der Waals surface area contributed by atoms with Gasteiger partial charge in [-0.15, -0.1) is 0 Å². The van der Waals surface area contributed by atoms with Crippen molar-refractivity contribution in [3.63, 3.8) is 0 Å². The van der Waals surface area contributed by atoms with Crippen molar-refractivity contribution in [1.82, 2.24) is 5.32 Å². The summed E-state index contributed by atoms with van der Waals surface area (Å²) >= 11 is 0. The maximum absolute atomic E-state index is 13.3. The fourth-order valence-electron chi connectivity index (χ4n) is 1.56. The van der Waals surface area contributed by atoms with Crippen LogP contribution in [0.2, 0.25) is 0 Å². The van der Waals surface area contributed by atoms with Crippen molar-refractivity contribution >= 4 is 11.7 Å². The van der Waals surface area contributed by atoms with E-state index < -0.39 is 17.7 Å². The summed E-state index contributed by atoms with van der Waals surface area (Å²) in [5, 5.41) is 4.96. The molecule has 0 bridgehead atoms. The lowest BCUT2D eigenvalue weighted by Gasteiger charge is -2.24. The molecule has 6 heteroatoms. The Balaban J connectivity index is 2.52. The summed E-state index contributed by atoms with van der Waals surface area (Å²) in [4.78, 5) is 11.6. The molecule has 0 aromatic heterocycles. The minimum absolute atomic E-state index is 0.0597. The molecule has 0 aliphatic heterocycles. The van der Waals surface area contributed by atoms with Crippen molar-refractivity contribution in [2.45, 2.75) is 20.3 Å². The molecule has 0 unspecified atom stereocenters. The Morgan fingerprint density at radius 2 is 2.05 bits per heavy atom. The number of halogens is 2. The highest BCUT2D eigenvalue weighted by atomic mass is 19.1. The van der Waals surface area contributed by atoms with E-state index in [4.69, 9.17) is 5.73 Å². The van der Waals surface area contributed by atoms with E-state index in [1.54, 1.807) is 0 Å². The van der Waals surface area contributed by atoms with Gasteiger partial charge in [-0.25, -0.2) is 13.6 Å². The average molecular weight is 271 g/mol. The van der Waals surface area contributed by atoms with Crippen molar-refractivity contribution in [2.24, 2.45) is 11.1 Å². The Hall–Kier alpha value is -1.69. The highest BCUT2D eigenvalue weighted by Crippen LogP contribution is 2.18. The first-order valence-corrected chi connectivity index (χ1v) is 6.04. The second-order valence-corrected chi connectivity index (χ2v) is 5.13. The normalized spacial score (nSPS) is 11.2. The molecule has 19 heavy (non-hydrogen) atoms. The van der Waals surface area contributed by atoms with Gasteiger partial charge in [-0.05, 0) is 30.5 Å². The lowest BCUT2D eigenvalue weighted by Crippen LogP contribution is -2.37. The van der Waals surface area contributed by atoms with E-state index in [-0.39, 0.29) is 11.1 Å². The molecule has 1 rings (SSSR count). The molecule has 2 amide bonds. The maximum atomic E-state index is 13.3. The largest absolute Gasteiger partial charge is 0.337 e. The van der Waals surface area contributed by atoms with Crippen LogP contribution in [0.15, 0.2) is 18.2 Å². The summed E-state index contributed by atoms with van der Waals surface area (Å²) in [6.45, 7) is 4.89. The summed E-state index contributed by atoms with van der Waals surface area (Å²) < 4.78 is 26.0. The maximum Gasteiger partial charge on any atom is 0.319 e. The summed E-state index contributed by atoms with van der Waals surface area (Å²) in [7, 11) is 0. The van der Waals surface area contributed by atoms with Gasteiger partial charge in [0.2, 0.25) is 0 Å². The third-order valence-corrected chi connectivity index (χ3v) is 2.73. The van der Waals surface area contributed by atoms with Crippen LogP contribution in [0.5, 0.6) is 0 Å². The van der Waals surface area contributed by atoms with Gasteiger partial charge in [0.25, 0.3) is 0 Å². The highest BCUT2D eigenvalue weighted by Gasteiger charge is 2.18. The van der Waals surface area contributed by atoms with Gasteiger partial charge in [0, 0.05) is 12.6 Å². The number of nitrogens with two attached hydrogens (primary N) is 1. The molecule has 4 N–H and O–H groups in total. The van der Waals surface area contributed by atoms with Gasteiger partial charge in [-0.3, -0.25) is 0 Å².